The fourth-order valence-corrected chi connectivity index (χ4v) is 0. The SMILES string of the molecule is C[Si](C)(C)[O][Zr]. The molecule has 0 aromatic rings. The molecule has 0 N–H and O–H groups in total. The second-order valence-corrected chi connectivity index (χ2v) is 8.15. The molecule has 6 heavy (non-hydrogen) atoms. The molecule has 0 heterocycles. The van der Waals surface area contributed by atoms with E-state index in [1.165, 1.54) is 25.2 Å². The van der Waals surface area contributed by atoms with Crippen molar-refractivity contribution in [3.05, 3.63) is 0 Å². The van der Waals surface area contributed by atoms with E-state index in [2.05, 4.69) is 19.6 Å². The van der Waals surface area contributed by atoms with Gasteiger partial charge in [-0.25, -0.2) is 0 Å². The van der Waals surface area contributed by atoms with Crippen molar-refractivity contribution in [2.45, 2.75) is 19.6 Å². The van der Waals surface area contributed by atoms with E-state index < -0.39 is 8.32 Å². The summed E-state index contributed by atoms with van der Waals surface area (Å²) in [5.41, 5.74) is 0. The molecule has 0 radical (unpaired) electrons. The van der Waals surface area contributed by atoms with Crippen molar-refractivity contribution in [3.63, 3.8) is 0 Å². The number of hydrogen-bond donors (Lipinski definition) is 0. The first-order valence-electron chi connectivity index (χ1n) is 1.91. The van der Waals surface area contributed by atoms with Crippen LogP contribution in [0.1, 0.15) is 0 Å². The molecule has 0 unspecified atom stereocenters. The van der Waals surface area contributed by atoms with Crippen LogP contribution in [0.2, 0.25) is 19.6 Å². The van der Waals surface area contributed by atoms with Crippen LogP contribution >= 0.6 is 0 Å². The van der Waals surface area contributed by atoms with Crippen molar-refractivity contribution in [2.24, 2.45) is 0 Å². The third kappa shape index (κ3) is 5.06. The monoisotopic (exact) mass is 179 g/mol. The maximum absolute atomic E-state index is 5.17. The van der Waals surface area contributed by atoms with E-state index in [-0.39, 0.29) is 0 Å². The van der Waals surface area contributed by atoms with Crippen molar-refractivity contribution >= 4 is 8.32 Å². The molecule has 0 fully saturated rings. The maximum atomic E-state index is 5.17. The average Bonchev–Trinajstić information content (AvgIpc) is 1.35. The molecular weight excluding hydrogens is 171 g/mol. The average molecular weight is 180 g/mol. The molecule has 0 atom stereocenters. The quantitative estimate of drug-likeness (QED) is 0.553. The summed E-state index contributed by atoms with van der Waals surface area (Å²) in [6.07, 6.45) is 0. The summed E-state index contributed by atoms with van der Waals surface area (Å²) in [5, 5.41) is 0. The molecule has 0 amide bonds. The van der Waals surface area contributed by atoms with Crippen LogP contribution in [0.25, 0.3) is 0 Å². The Morgan fingerprint density at radius 1 is 1.33 bits per heavy atom. The van der Waals surface area contributed by atoms with Crippen LogP contribution in [-0.4, -0.2) is 8.32 Å². The second-order valence-electron chi connectivity index (χ2n) is 2.21. The van der Waals surface area contributed by atoms with E-state index in [1.54, 1.807) is 0 Å². The van der Waals surface area contributed by atoms with E-state index in [1.807, 2.05) is 0 Å². The van der Waals surface area contributed by atoms with Crippen LogP contribution < -0.4 is 0 Å². The molecule has 0 aromatic carbocycles. The van der Waals surface area contributed by atoms with Gasteiger partial charge in [-0.05, 0) is 0 Å². The normalized spacial score (nSPS) is 11.7. The molecule has 0 aliphatic carbocycles. The summed E-state index contributed by atoms with van der Waals surface area (Å²) in [4.78, 5) is 0. The topological polar surface area (TPSA) is 9.23 Å². The van der Waals surface area contributed by atoms with Gasteiger partial charge in [-0.1, -0.05) is 0 Å². The molecular formula is C3H9OSiZr. The summed E-state index contributed by atoms with van der Waals surface area (Å²) in [6.45, 7) is 6.55. The van der Waals surface area contributed by atoms with Gasteiger partial charge in [-0.2, -0.15) is 0 Å². The van der Waals surface area contributed by atoms with Crippen molar-refractivity contribution in [1.82, 2.24) is 0 Å². The fraction of sp³-hybridized carbons (Fsp3) is 1.00. The Hall–Kier alpha value is 1.06. The minimum absolute atomic E-state index is 1.09. The first-order chi connectivity index (χ1) is 2.56. The molecule has 0 bridgehead atoms. The van der Waals surface area contributed by atoms with Gasteiger partial charge in [0.25, 0.3) is 0 Å². The molecule has 0 saturated heterocycles. The van der Waals surface area contributed by atoms with E-state index in [4.69, 9.17) is 2.50 Å². The summed E-state index contributed by atoms with van der Waals surface area (Å²) in [6, 6.07) is 0. The van der Waals surface area contributed by atoms with Crippen LogP contribution in [0.5, 0.6) is 0 Å². The van der Waals surface area contributed by atoms with Crippen molar-refractivity contribution in [1.29, 1.82) is 0 Å². The van der Waals surface area contributed by atoms with Gasteiger partial charge < -0.3 is 0 Å². The Bertz CT molecular complexity index is 40.5. The van der Waals surface area contributed by atoms with E-state index in [0.29, 0.717) is 0 Å². The summed E-state index contributed by atoms with van der Waals surface area (Å²) in [5.74, 6) is 0. The van der Waals surface area contributed by atoms with Gasteiger partial charge in [0.2, 0.25) is 0 Å². The molecule has 3 heteroatoms. The van der Waals surface area contributed by atoms with Crippen molar-refractivity contribution < 1.29 is 27.7 Å². The van der Waals surface area contributed by atoms with E-state index >= 15 is 0 Å². The molecule has 0 spiro atoms. The zero-order chi connectivity index (χ0) is 5.21. The summed E-state index contributed by atoms with van der Waals surface area (Å²) < 4.78 is 5.17. The zero-order valence-electron chi connectivity index (χ0n) is 4.41. The molecule has 0 saturated carbocycles. The predicted molar refractivity (Wildman–Crippen MR) is 24.4 cm³/mol. The molecule has 0 aliphatic rings. The summed E-state index contributed by atoms with van der Waals surface area (Å²) >= 11 is 1.21. The third-order valence-corrected chi connectivity index (χ3v) is 5.43. The molecule has 35 valence electrons. The van der Waals surface area contributed by atoms with Crippen LogP contribution in [0, 0.1) is 0 Å². The molecule has 0 aromatic heterocycles. The minimum atomic E-state index is -1.09. The second kappa shape index (κ2) is 2.39. The third-order valence-electron chi connectivity index (χ3n) is 0.306. The van der Waals surface area contributed by atoms with Gasteiger partial charge in [-0.15, -0.1) is 0 Å². The fourth-order valence-electron chi connectivity index (χ4n) is 0. The van der Waals surface area contributed by atoms with Gasteiger partial charge in [0, 0.05) is 0 Å². The predicted octanol–water partition coefficient (Wildman–Crippen LogP) is 1.30. The van der Waals surface area contributed by atoms with Gasteiger partial charge >= 0.3 is 55.6 Å². The van der Waals surface area contributed by atoms with Crippen LogP contribution in [0.4, 0.5) is 0 Å². The van der Waals surface area contributed by atoms with Gasteiger partial charge in [0.1, 0.15) is 0 Å². The Balaban J connectivity index is 3.17. The zero-order valence-corrected chi connectivity index (χ0v) is 7.87. The number of rotatable bonds is 1. The van der Waals surface area contributed by atoms with E-state index in [0.717, 1.165) is 0 Å². The van der Waals surface area contributed by atoms with Gasteiger partial charge in [0.05, 0.1) is 0 Å². The standard InChI is InChI=1S/C3H9OSi.Zr/c1-5(2,3)4;/h1-3H3;/q-1;+1. The summed E-state index contributed by atoms with van der Waals surface area (Å²) in [7, 11) is -1.09. The van der Waals surface area contributed by atoms with Crippen LogP contribution in [-0.2, 0) is 27.7 Å². The Labute approximate surface area is 55.7 Å². The van der Waals surface area contributed by atoms with Crippen LogP contribution in [0.3, 0.4) is 0 Å². The molecule has 0 aliphatic heterocycles. The van der Waals surface area contributed by atoms with Gasteiger partial charge in [0.15, 0.2) is 0 Å². The van der Waals surface area contributed by atoms with Crippen molar-refractivity contribution in [3.8, 4) is 0 Å². The Morgan fingerprint density at radius 2 is 1.50 bits per heavy atom. The molecule has 0 rings (SSSR count). The first-order valence-corrected chi connectivity index (χ1v) is 6.32. The van der Waals surface area contributed by atoms with Crippen LogP contribution in [0.15, 0.2) is 0 Å². The van der Waals surface area contributed by atoms with Crippen molar-refractivity contribution in [2.75, 3.05) is 0 Å². The van der Waals surface area contributed by atoms with E-state index in [9.17, 15) is 0 Å². The number of hydrogen-bond acceptors (Lipinski definition) is 1. The molecule has 1 nitrogen and oxygen atoms in total. The Morgan fingerprint density at radius 3 is 1.50 bits per heavy atom. The van der Waals surface area contributed by atoms with Gasteiger partial charge in [-0.3, -0.25) is 0 Å². The first kappa shape index (κ1) is 7.06. The Kier molecular flexibility index (Phi) is 2.81.